The highest BCUT2D eigenvalue weighted by molar-refractivity contribution is 6.30. The molecule has 0 radical (unpaired) electrons. The van der Waals surface area contributed by atoms with Crippen molar-refractivity contribution in [3.05, 3.63) is 34.9 Å². The van der Waals surface area contributed by atoms with Crippen LogP contribution in [0.15, 0.2) is 24.3 Å². The lowest BCUT2D eigenvalue weighted by molar-refractivity contribution is 0.231. The molecule has 0 saturated carbocycles. The third-order valence-corrected chi connectivity index (χ3v) is 2.92. The fourth-order valence-corrected chi connectivity index (χ4v) is 2.13. The van der Waals surface area contributed by atoms with Crippen molar-refractivity contribution in [2.45, 2.75) is 18.5 Å². The van der Waals surface area contributed by atoms with E-state index in [2.05, 4.69) is 5.32 Å². The number of hydrogen-bond acceptors (Lipinski definition) is 1. The molecule has 2 unspecified atom stereocenters. The first-order valence-electron chi connectivity index (χ1n) is 4.87. The van der Waals surface area contributed by atoms with Gasteiger partial charge in [-0.2, -0.15) is 0 Å². The molecule has 1 aromatic carbocycles. The minimum atomic E-state index is -0.790. The molecule has 2 rings (SSSR count). The van der Waals surface area contributed by atoms with E-state index in [1.54, 1.807) is 0 Å². The monoisotopic (exact) mass is 213 g/mol. The maximum absolute atomic E-state index is 13.6. The summed E-state index contributed by atoms with van der Waals surface area (Å²) in [4.78, 5) is 0. The maximum Gasteiger partial charge on any atom is 0.119 e. The quantitative estimate of drug-likeness (QED) is 0.757. The second kappa shape index (κ2) is 4.28. The van der Waals surface area contributed by atoms with Gasteiger partial charge in [-0.25, -0.2) is 4.39 Å². The first kappa shape index (κ1) is 9.94. The Morgan fingerprint density at radius 1 is 1.43 bits per heavy atom. The number of rotatable bonds is 1. The second-order valence-electron chi connectivity index (χ2n) is 3.67. The van der Waals surface area contributed by atoms with E-state index in [0.717, 1.165) is 18.5 Å². The predicted molar refractivity (Wildman–Crippen MR) is 56.6 cm³/mol. The lowest BCUT2D eigenvalue weighted by Crippen LogP contribution is -2.36. The molecule has 1 fully saturated rings. The molecule has 1 aliphatic rings. The topological polar surface area (TPSA) is 12.0 Å². The molecular weight excluding hydrogens is 201 g/mol. The SMILES string of the molecule is FC1CNCCC1c1cccc(Cl)c1. The molecule has 76 valence electrons. The van der Waals surface area contributed by atoms with Gasteiger partial charge in [0.05, 0.1) is 0 Å². The van der Waals surface area contributed by atoms with Crippen molar-refractivity contribution in [2.24, 2.45) is 0 Å². The number of hydrogen-bond donors (Lipinski definition) is 1. The summed E-state index contributed by atoms with van der Waals surface area (Å²) >= 11 is 5.87. The summed E-state index contributed by atoms with van der Waals surface area (Å²) < 4.78 is 13.6. The predicted octanol–water partition coefficient (Wildman–Crippen LogP) is 2.76. The van der Waals surface area contributed by atoms with Crippen molar-refractivity contribution in [3.8, 4) is 0 Å². The van der Waals surface area contributed by atoms with Crippen LogP contribution in [-0.2, 0) is 0 Å². The summed E-state index contributed by atoms with van der Waals surface area (Å²) in [5.74, 6) is 0.00921. The van der Waals surface area contributed by atoms with E-state index in [9.17, 15) is 4.39 Å². The molecule has 0 aliphatic carbocycles. The van der Waals surface area contributed by atoms with Crippen molar-refractivity contribution in [1.29, 1.82) is 0 Å². The zero-order valence-corrected chi connectivity index (χ0v) is 8.60. The first-order valence-corrected chi connectivity index (χ1v) is 5.25. The van der Waals surface area contributed by atoms with Crippen molar-refractivity contribution in [2.75, 3.05) is 13.1 Å². The Labute approximate surface area is 88.3 Å². The van der Waals surface area contributed by atoms with Gasteiger partial charge < -0.3 is 5.32 Å². The molecule has 0 bridgehead atoms. The highest BCUT2D eigenvalue weighted by atomic mass is 35.5. The van der Waals surface area contributed by atoms with Crippen LogP contribution in [0, 0.1) is 0 Å². The molecule has 0 aromatic heterocycles. The molecule has 1 N–H and O–H groups in total. The van der Waals surface area contributed by atoms with E-state index in [1.807, 2.05) is 24.3 Å². The molecule has 2 atom stereocenters. The third kappa shape index (κ3) is 2.07. The summed E-state index contributed by atoms with van der Waals surface area (Å²) in [6.45, 7) is 1.34. The zero-order chi connectivity index (χ0) is 9.97. The normalized spacial score (nSPS) is 27.6. The summed E-state index contributed by atoms with van der Waals surface area (Å²) in [5.41, 5.74) is 1.02. The van der Waals surface area contributed by atoms with Crippen LogP contribution in [0.4, 0.5) is 4.39 Å². The fraction of sp³-hybridized carbons (Fsp3) is 0.455. The minimum absolute atomic E-state index is 0.00921. The number of alkyl halides is 1. The van der Waals surface area contributed by atoms with Crippen molar-refractivity contribution >= 4 is 11.6 Å². The Morgan fingerprint density at radius 2 is 2.29 bits per heavy atom. The number of halogens is 2. The maximum atomic E-state index is 13.6. The van der Waals surface area contributed by atoms with E-state index in [4.69, 9.17) is 11.6 Å². The molecule has 0 amide bonds. The molecular formula is C11H13ClFN. The number of nitrogens with one attached hydrogen (secondary N) is 1. The van der Waals surface area contributed by atoms with Gasteiger partial charge >= 0.3 is 0 Å². The van der Waals surface area contributed by atoms with E-state index < -0.39 is 6.17 Å². The van der Waals surface area contributed by atoms with Gasteiger partial charge in [-0.1, -0.05) is 23.7 Å². The van der Waals surface area contributed by atoms with Gasteiger partial charge in [-0.05, 0) is 30.7 Å². The summed E-state index contributed by atoms with van der Waals surface area (Å²) in [6, 6.07) is 7.52. The minimum Gasteiger partial charge on any atom is -0.314 e. The van der Waals surface area contributed by atoms with Crippen LogP contribution in [0.5, 0.6) is 0 Å². The van der Waals surface area contributed by atoms with Crippen LogP contribution in [0.2, 0.25) is 5.02 Å². The van der Waals surface area contributed by atoms with Gasteiger partial charge in [-0.3, -0.25) is 0 Å². The average Bonchev–Trinajstić information content (AvgIpc) is 2.18. The molecule has 0 spiro atoms. The van der Waals surface area contributed by atoms with Gasteiger partial charge in [0.2, 0.25) is 0 Å². The van der Waals surface area contributed by atoms with Crippen LogP contribution < -0.4 is 5.32 Å². The Morgan fingerprint density at radius 3 is 3.00 bits per heavy atom. The highest BCUT2D eigenvalue weighted by Crippen LogP contribution is 2.29. The van der Waals surface area contributed by atoms with E-state index in [1.165, 1.54) is 0 Å². The Hall–Kier alpha value is -0.600. The van der Waals surface area contributed by atoms with Crippen LogP contribution >= 0.6 is 11.6 Å². The number of piperidine rings is 1. The Kier molecular flexibility index (Phi) is 3.04. The lowest BCUT2D eigenvalue weighted by atomic mass is 9.89. The molecule has 14 heavy (non-hydrogen) atoms. The van der Waals surface area contributed by atoms with Gasteiger partial charge in [0.1, 0.15) is 6.17 Å². The highest BCUT2D eigenvalue weighted by Gasteiger charge is 2.25. The molecule has 1 aliphatic heterocycles. The van der Waals surface area contributed by atoms with Crippen LogP contribution in [0.3, 0.4) is 0 Å². The van der Waals surface area contributed by atoms with Crippen molar-refractivity contribution in [3.63, 3.8) is 0 Å². The summed E-state index contributed by atoms with van der Waals surface area (Å²) in [6.07, 6.45) is 0.0591. The molecule has 1 heterocycles. The van der Waals surface area contributed by atoms with Gasteiger partial charge in [0.25, 0.3) is 0 Å². The van der Waals surface area contributed by atoms with Gasteiger partial charge in [-0.15, -0.1) is 0 Å². The summed E-state index contributed by atoms with van der Waals surface area (Å²) in [7, 11) is 0. The second-order valence-corrected chi connectivity index (χ2v) is 4.11. The van der Waals surface area contributed by atoms with Crippen LogP contribution in [0.25, 0.3) is 0 Å². The van der Waals surface area contributed by atoms with Crippen LogP contribution in [-0.4, -0.2) is 19.3 Å². The summed E-state index contributed by atoms with van der Waals surface area (Å²) in [5, 5.41) is 3.73. The van der Waals surface area contributed by atoms with Gasteiger partial charge in [0, 0.05) is 17.5 Å². The average molecular weight is 214 g/mol. The van der Waals surface area contributed by atoms with E-state index in [0.29, 0.717) is 11.6 Å². The standard InChI is InChI=1S/C11H13ClFN/c12-9-3-1-2-8(6-9)10-4-5-14-7-11(10)13/h1-3,6,10-11,14H,4-5,7H2. The van der Waals surface area contributed by atoms with E-state index in [-0.39, 0.29) is 5.92 Å². The molecule has 3 heteroatoms. The lowest BCUT2D eigenvalue weighted by Gasteiger charge is -2.27. The fourth-order valence-electron chi connectivity index (χ4n) is 1.93. The third-order valence-electron chi connectivity index (χ3n) is 2.68. The first-order chi connectivity index (χ1) is 6.77. The Balaban J connectivity index is 2.20. The van der Waals surface area contributed by atoms with Crippen molar-refractivity contribution in [1.82, 2.24) is 5.32 Å². The number of benzene rings is 1. The molecule has 1 nitrogen and oxygen atoms in total. The zero-order valence-electron chi connectivity index (χ0n) is 7.84. The van der Waals surface area contributed by atoms with E-state index >= 15 is 0 Å². The van der Waals surface area contributed by atoms with Crippen molar-refractivity contribution < 1.29 is 4.39 Å². The largest absolute Gasteiger partial charge is 0.314 e. The molecule has 1 saturated heterocycles. The van der Waals surface area contributed by atoms with Gasteiger partial charge in [0.15, 0.2) is 0 Å². The molecule has 1 aromatic rings. The smallest absolute Gasteiger partial charge is 0.119 e. The van der Waals surface area contributed by atoms with Crippen LogP contribution in [0.1, 0.15) is 17.9 Å². The Bertz CT molecular complexity index is 316.